The van der Waals surface area contributed by atoms with E-state index in [1.165, 1.54) is 7.11 Å². The first-order chi connectivity index (χ1) is 9.35. The SMILES string of the molecule is COC(=O)C1=C(C(=O)O)[C@H]2C=C[C@H]1[C@@H]1OC(C)(C)O[C@@H]12. The van der Waals surface area contributed by atoms with Gasteiger partial charge in [-0.1, -0.05) is 12.2 Å². The van der Waals surface area contributed by atoms with Gasteiger partial charge in [0, 0.05) is 11.8 Å². The van der Waals surface area contributed by atoms with Crippen LogP contribution in [0.15, 0.2) is 23.3 Å². The summed E-state index contributed by atoms with van der Waals surface area (Å²) in [7, 11) is 1.24. The molecule has 1 heterocycles. The Labute approximate surface area is 116 Å². The highest BCUT2D eigenvalue weighted by Crippen LogP contribution is 2.49. The molecule has 0 unspecified atom stereocenters. The van der Waals surface area contributed by atoms with Crippen molar-refractivity contribution in [2.24, 2.45) is 11.8 Å². The first-order valence-electron chi connectivity index (χ1n) is 6.45. The van der Waals surface area contributed by atoms with Gasteiger partial charge in [0.05, 0.1) is 30.5 Å². The summed E-state index contributed by atoms with van der Waals surface area (Å²) in [6, 6.07) is 0. The topological polar surface area (TPSA) is 82.1 Å². The largest absolute Gasteiger partial charge is 0.478 e. The van der Waals surface area contributed by atoms with Crippen LogP contribution in [0.3, 0.4) is 0 Å². The number of methoxy groups -OCH3 is 1. The molecule has 6 heteroatoms. The van der Waals surface area contributed by atoms with Crippen LogP contribution in [0.1, 0.15) is 13.8 Å². The second-order valence-electron chi connectivity index (χ2n) is 5.63. The molecule has 20 heavy (non-hydrogen) atoms. The summed E-state index contributed by atoms with van der Waals surface area (Å²) >= 11 is 0. The van der Waals surface area contributed by atoms with E-state index < -0.39 is 29.6 Å². The lowest BCUT2D eigenvalue weighted by Gasteiger charge is -2.39. The number of carbonyl (C=O) groups excluding carboxylic acids is 1. The van der Waals surface area contributed by atoms with Gasteiger partial charge in [-0.3, -0.25) is 0 Å². The molecule has 0 aromatic rings. The van der Waals surface area contributed by atoms with Crippen LogP contribution in [-0.2, 0) is 23.8 Å². The molecule has 1 saturated heterocycles. The molecular weight excluding hydrogens is 264 g/mol. The Kier molecular flexibility index (Phi) is 2.78. The summed E-state index contributed by atoms with van der Waals surface area (Å²) in [6.07, 6.45) is 2.87. The molecule has 4 atom stereocenters. The number of aliphatic carboxylic acids is 1. The average Bonchev–Trinajstić information content (AvgIpc) is 2.73. The van der Waals surface area contributed by atoms with Crippen molar-refractivity contribution >= 4 is 11.9 Å². The van der Waals surface area contributed by atoms with Crippen molar-refractivity contribution in [3.63, 3.8) is 0 Å². The summed E-state index contributed by atoms with van der Waals surface area (Å²) < 4.78 is 16.4. The maximum atomic E-state index is 11.9. The molecule has 0 spiro atoms. The van der Waals surface area contributed by atoms with Crippen LogP contribution in [0.2, 0.25) is 0 Å². The highest BCUT2D eigenvalue weighted by atomic mass is 16.8. The highest BCUT2D eigenvalue weighted by Gasteiger charge is 2.57. The molecule has 6 nitrogen and oxygen atoms in total. The van der Waals surface area contributed by atoms with Crippen molar-refractivity contribution in [2.45, 2.75) is 31.8 Å². The number of hydrogen-bond donors (Lipinski definition) is 1. The molecule has 2 bridgehead atoms. The fourth-order valence-corrected chi connectivity index (χ4v) is 3.32. The first-order valence-corrected chi connectivity index (χ1v) is 6.45. The lowest BCUT2D eigenvalue weighted by Crippen LogP contribution is -2.48. The molecule has 0 amide bonds. The van der Waals surface area contributed by atoms with Crippen LogP contribution >= 0.6 is 0 Å². The molecular formula is C14H16O6. The van der Waals surface area contributed by atoms with Crippen molar-refractivity contribution in [1.82, 2.24) is 0 Å². The Morgan fingerprint density at radius 1 is 1.15 bits per heavy atom. The van der Waals surface area contributed by atoms with E-state index in [1.807, 2.05) is 6.08 Å². The highest BCUT2D eigenvalue weighted by molar-refractivity contribution is 6.02. The summed E-state index contributed by atoms with van der Waals surface area (Å²) in [5, 5.41) is 9.43. The Hall–Kier alpha value is -1.66. The van der Waals surface area contributed by atoms with Crippen molar-refractivity contribution in [1.29, 1.82) is 0 Å². The van der Waals surface area contributed by atoms with Gasteiger partial charge in [0.25, 0.3) is 0 Å². The van der Waals surface area contributed by atoms with Gasteiger partial charge in [0.2, 0.25) is 0 Å². The summed E-state index contributed by atoms with van der Waals surface area (Å²) in [5.74, 6) is -3.44. The van der Waals surface area contributed by atoms with Gasteiger partial charge in [-0.15, -0.1) is 0 Å². The molecule has 1 aliphatic heterocycles. The van der Waals surface area contributed by atoms with Crippen LogP contribution in [-0.4, -0.2) is 42.1 Å². The Morgan fingerprint density at radius 2 is 1.65 bits per heavy atom. The third-order valence-corrected chi connectivity index (χ3v) is 3.99. The second-order valence-corrected chi connectivity index (χ2v) is 5.63. The van der Waals surface area contributed by atoms with Crippen LogP contribution in [0, 0.1) is 11.8 Å². The van der Waals surface area contributed by atoms with E-state index in [2.05, 4.69) is 0 Å². The maximum absolute atomic E-state index is 11.9. The van der Waals surface area contributed by atoms with E-state index in [1.54, 1.807) is 19.9 Å². The first kappa shape index (κ1) is 13.3. The van der Waals surface area contributed by atoms with Gasteiger partial charge in [-0.25, -0.2) is 9.59 Å². The molecule has 0 aromatic heterocycles. The van der Waals surface area contributed by atoms with E-state index in [0.717, 1.165) is 0 Å². The zero-order chi connectivity index (χ0) is 14.7. The predicted octanol–water partition coefficient (Wildman–Crippen LogP) is 0.876. The van der Waals surface area contributed by atoms with E-state index >= 15 is 0 Å². The fraction of sp³-hybridized carbons (Fsp3) is 0.571. The zero-order valence-corrected chi connectivity index (χ0v) is 11.5. The van der Waals surface area contributed by atoms with Crippen LogP contribution in [0.5, 0.6) is 0 Å². The molecule has 108 valence electrons. The zero-order valence-electron chi connectivity index (χ0n) is 11.5. The number of hydrogen-bond acceptors (Lipinski definition) is 5. The molecule has 3 aliphatic carbocycles. The van der Waals surface area contributed by atoms with Crippen LogP contribution in [0.4, 0.5) is 0 Å². The standard InChI is InChI=1S/C14H16O6/c1-14(2)19-10-6-4-5-7(11(10)20-14)9(13(17)18-3)8(6)12(15)16/h4-7,10-11H,1-3H3,(H,15,16)/t6-,7-,10-,11+/m1/s1. The van der Waals surface area contributed by atoms with Crippen molar-refractivity contribution < 1.29 is 28.9 Å². The quantitative estimate of drug-likeness (QED) is 0.597. The van der Waals surface area contributed by atoms with E-state index in [0.29, 0.717) is 0 Å². The molecule has 1 fully saturated rings. The van der Waals surface area contributed by atoms with E-state index in [-0.39, 0.29) is 23.4 Å². The molecule has 0 aromatic carbocycles. The Morgan fingerprint density at radius 3 is 2.10 bits per heavy atom. The molecule has 0 radical (unpaired) electrons. The molecule has 4 aliphatic rings. The second kappa shape index (κ2) is 4.17. The average molecular weight is 280 g/mol. The van der Waals surface area contributed by atoms with Crippen molar-refractivity contribution in [3.05, 3.63) is 23.3 Å². The van der Waals surface area contributed by atoms with Gasteiger partial charge in [0.15, 0.2) is 5.79 Å². The van der Waals surface area contributed by atoms with Gasteiger partial charge < -0.3 is 19.3 Å². The Balaban J connectivity index is 2.09. The van der Waals surface area contributed by atoms with Crippen molar-refractivity contribution in [2.75, 3.05) is 7.11 Å². The smallest absolute Gasteiger partial charge is 0.335 e. The van der Waals surface area contributed by atoms with Crippen LogP contribution in [0.25, 0.3) is 0 Å². The monoisotopic (exact) mass is 280 g/mol. The molecule has 1 N–H and O–H groups in total. The number of carboxylic acid groups (broad SMARTS) is 1. The minimum atomic E-state index is -1.11. The maximum Gasteiger partial charge on any atom is 0.335 e. The third kappa shape index (κ3) is 1.72. The number of carboxylic acids is 1. The third-order valence-electron chi connectivity index (χ3n) is 3.99. The van der Waals surface area contributed by atoms with Crippen molar-refractivity contribution in [3.8, 4) is 0 Å². The lowest BCUT2D eigenvalue weighted by molar-refractivity contribution is -0.149. The fourth-order valence-electron chi connectivity index (χ4n) is 3.32. The number of esters is 1. The summed E-state index contributed by atoms with van der Waals surface area (Å²) in [4.78, 5) is 23.5. The predicted molar refractivity (Wildman–Crippen MR) is 66.6 cm³/mol. The van der Waals surface area contributed by atoms with Gasteiger partial charge in [0.1, 0.15) is 0 Å². The van der Waals surface area contributed by atoms with Crippen LogP contribution < -0.4 is 0 Å². The minimum Gasteiger partial charge on any atom is -0.478 e. The molecule has 4 rings (SSSR count). The normalized spacial score (nSPS) is 37.0. The van der Waals surface area contributed by atoms with Gasteiger partial charge >= 0.3 is 11.9 Å². The minimum absolute atomic E-state index is 0.0619. The van der Waals surface area contributed by atoms with Gasteiger partial charge in [-0.2, -0.15) is 0 Å². The summed E-state index contributed by atoms with van der Waals surface area (Å²) in [5.41, 5.74) is 0.238. The molecule has 0 saturated carbocycles. The number of ether oxygens (including phenoxy) is 3. The summed E-state index contributed by atoms with van der Waals surface area (Å²) in [6.45, 7) is 3.56. The Bertz CT molecular complexity index is 544. The number of rotatable bonds is 2. The van der Waals surface area contributed by atoms with E-state index in [9.17, 15) is 14.7 Å². The van der Waals surface area contributed by atoms with E-state index in [4.69, 9.17) is 14.2 Å². The van der Waals surface area contributed by atoms with Gasteiger partial charge in [-0.05, 0) is 13.8 Å². The number of carbonyl (C=O) groups is 2. The lowest BCUT2D eigenvalue weighted by atomic mass is 9.68.